The summed E-state index contributed by atoms with van der Waals surface area (Å²) in [5, 5.41) is 3.28. The van der Waals surface area contributed by atoms with Gasteiger partial charge in [0, 0.05) is 17.8 Å². The second kappa shape index (κ2) is 8.17. The van der Waals surface area contributed by atoms with Gasteiger partial charge < -0.3 is 9.64 Å². The molecule has 0 aliphatic carbocycles. The number of likely N-dealkylation sites (tertiary alicyclic amines) is 1. The highest BCUT2D eigenvalue weighted by Gasteiger charge is 2.28. The van der Waals surface area contributed by atoms with E-state index in [1.165, 1.54) is 11.6 Å². The van der Waals surface area contributed by atoms with Gasteiger partial charge in [-0.05, 0) is 68.0 Å². The molecule has 1 aromatic carbocycles. The normalized spacial score (nSPS) is 15.7. The Labute approximate surface area is 153 Å². The number of piperidine rings is 1. The third-order valence-corrected chi connectivity index (χ3v) is 5.12. The first kappa shape index (κ1) is 19.7. The zero-order valence-electron chi connectivity index (χ0n) is 15.8. The molecule has 1 aliphatic heterocycles. The van der Waals surface area contributed by atoms with Gasteiger partial charge in [0.2, 0.25) is 0 Å². The van der Waals surface area contributed by atoms with Crippen molar-refractivity contribution in [3.63, 3.8) is 0 Å². The van der Waals surface area contributed by atoms with Gasteiger partial charge in [0.15, 0.2) is 0 Å². The van der Waals surface area contributed by atoms with Crippen molar-refractivity contribution in [2.24, 2.45) is 0 Å². The number of amides is 1. The molecule has 0 atom stereocenters. The quantitative estimate of drug-likeness (QED) is 0.604. The molecular formula is C20H28FNO2S. The molecule has 3 rings (SSSR count). The fourth-order valence-corrected chi connectivity index (χ4v) is 4.11. The molecule has 138 valence electrons. The molecule has 5 heteroatoms. The van der Waals surface area contributed by atoms with E-state index in [1.807, 2.05) is 40.7 Å². The Morgan fingerprint density at radius 2 is 1.88 bits per heavy atom. The van der Waals surface area contributed by atoms with Crippen molar-refractivity contribution < 1.29 is 13.9 Å². The van der Waals surface area contributed by atoms with Crippen LogP contribution in [0.15, 0.2) is 23.6 Å². The van der Waals surface area contributed by atoms with Crippen molar-refractivity contribution in [3.05, 3.63) is 35.0 Å². The molecule has 3 nitrogen and oxygen atoms in total. The van der Waals surface area contributed by atoms with Gasteiger partial charge in [-0.1, -0.05) is 19.9 Å². The number of fused-ring (bicyclic) bond motifs is 1. The first-order valence-electron chi connectivity index (χ1n) is 8.98. The van der Waals surface area contributed by atoms with Crippen molar-refractivity contribution in [3.8, 4) is 0 Å². The molecule has 2 heterocycles. The lowest BCUT2D eigenvalue weighted by Crippen LogP contribution is -2.41. The van der Waals surface area contributed by atoms with Crippen LogP contribution in [0.3, 0.4) is 0 Å². The second-order valence-corrected chi connectivity index (χ2v) is 7.98. The predicted molar refractivity (Wildman–Crippen MR) is 103 cm³/mol. The number of halogens is 1. The average Bonchev–Trinajstić information content (AvgIpc) is 2.98. The summed E-state index contributed by atoms with van der Waals surface area (Å²) < 4.78 is 19.7. The fourth-order valence-electron chi connectivity index (χ4n) is 3.04. The minimum absolute atomic E-state index is 0.189. The first-order chi connectivity index (χ1) is 11.8. The Balaban J connectivity index is 0.00000109. The maximum absolute atomic E-state index is 13.3. The van der Waals surface area contributed by atoms with Crippen LogP contribution in [-0.2, 0) is 4.74 Å². The number of ether oxygens (including phenoxy) is 1. The monoisotopic (exact) mass is 365 g/mol. The maximum atomic E-state index is 13.3. The molecule has 1 aromatic heterocycles. The average molecular weight is 366 g/mol. The van der Waals surface area contributed by atoms with E-state index < -0.39 is 5.60 Å². The van der Waals surface area contributed by atoms with Gasteiger partial charge in [0.25, 0.3) is 0 Å². The van der Waals surface area contributed by atoms with Gasteiger partial charge in [-0.2, -0.15) is 0 Å². The lowest BCUT2D eigenvalue weighted by Gasteiger charge is -2.33. The number of benzene rings is 1. The van der Waals surface area contributed by atoms with E-state index in [0.717, 1.165) is 22.9 Å². The summed E-state index contributed by atoms with van der Waals surface area (Å²) in [6, 6.07) is 4.99. The Kier molecular flexibility index (Phi) is 6.44. The molecule has 0 unspecified atom stereocenters. The third-order valence-electron chi connectivity index (χ3n) is 4.15. The lowest BCUT2D eigenvalue weighted by atomic mass is 9.89. The van der Waals surface area contributed by atoms with Crippen LogP contribution < -0.4 is 0 Å². The summed E-state index contributed by atoms with van der Waals surface area (Å²) in [7, 11) is 0. The van der Waals surface area contributed by atoms with Gasteiger partial charge >= 0.3 is 6.09 Å². The Morgan fingerprint density at radius 1 is 1.24 bits per heavy atom. The van der Waals surface area contributed by atoms with Crippen LogP contribution in [0.5, 0.6) is 0 Å². The van der Waals surface area contributed by atoms with E-state index in [1.54, 1.807) is 22.3 Å². The first-order valence-corrected chi connectivity index (χ1v) is 9.86. The zero-order chi connectivity index (χ0) is 18.6. The number of hydrogen-bond donors (Lipinski definition) is 0. The maximum Gasteiger partial charge on any atom is 0.410 e. The van der Waals surface area contributed by atoms with E-state index in [4.69, 9.17) is 4.74 Å². The SMILES string of the molecule is CC.CC(C)(C)OC(=O)N1CCC(c2csc3cc(F)ccc23)CC1. The van der Waals surface area contributed by atoms with Crippen LogP contribution in [0.25, 0.3) is 10.1 Å². The molecule has 1 amide bonds. The van der Waals surface area contributed by atoms with Gasteiger partial charge in [0.1, 0.15) is 11.4 Å². The van der Waals surface area contributed by atoms with Gasteiger partial charge in [0.05, 0.1) is 0 Å². The Morgan fingerprint density at radius 3 is 2.48 bits per heavy atom. The van der Waals surface area contributed by atoms with E-state index >= 15 is 0 Å². The summed E-state index contributed by atoms with van der Waals surface area (Å²) in [6.45, 7) is 11.1. The number of rotatable bonds is 1. The fraction of sp³-hybridized carbons (Fsp3) is 0.550. The summed E-state index contributed by atoms with van der Waals surface area (Å²) in [4.78, 5) is 13.9. The van der Waals surface area contributed by atoms with E-state index in [9.17, 15) is 9.18 Å². The highest BCUT2D eigenvalue weighted by molar-refractivity contribution is 7.17. The molecule has 0 N–H and O–H groups in total. The molecule has 0 radical (unpaired) electrons. The molecular weight excluding hydrogens is 337 g/mol. The highest BCUT2D eigenvalue weighted by atomic mass is 32.1. The Bertz CT molecular complexity index is 712. The molecule has 25 heavy (non-hydrogen) atoms. The van der Waals surface area contributed by atoms with Crippen LogP contribution in [0, 0.1) is 5.82 Å². The topological polar surface area (TPSA) is 29.5 Å². The molecule has 0 bridgehead atoms. The summed E-state index contributed by atoms with van der Waals surface area (Å²) >= 11 is 1.59. The minimum Gasteiger partial charge on any atom is -0.444 e. The smallest absolute Gasteiger partial charge is 0.410 e. The van der Waals surface area contributed by atoms with Crippen molar-refractivity contribution in [1.82, 2.24) is 4.90 Å². The minimum atomic E-state index is -0.457. The summed E-state index contributed by atoms with van der Waals surface area (Å²) in [5.74, 6) is 0.235. The molecule has 1 saturated heterocycles. The molecule has 0 spiro atoms. The van der Waals surface area contributed by atoms with Crippen molar-refractivity contribution in [1.29, 1.82) is 0 Å². The Hall–Kier alpha value is -1.62. The summed E-state index contributed by atoms with van der Waals surface area (Å²) in [6.07, 6.45) is 1.61. The summed E-state index contributed by atoms with van der Waals surface area (Å²) in [5.41, 5.74) is 0.829. The number of carbonyl (C=O) groups excluding carboxylic acids is 1. The van der Waals surface area contributed by atoms with E-state index in [0.29, 0.717) is 19.0 Å². The number of hydrogen-bond acceptors (Lipinski definition) is 3. The predicted octanol–water partition coefficient (Wildman–Crippen LogP) is 6.18. The van der Waals surface area contributed by atoms with E-state index in [2.05, 4.69) is 5.38 Å². The van der Waals surface area contributed by atoms with Crippen LogP contribution in [0.1, 0.15) is 58.9 Å². The van der Waals surface area contributed by atoms with Crippen LogP contribution in [0.4, 0.5) is 9.18 Å². The van der Waals surface area contributed by atoms with Gasteiger partial charge in [-0.25, -0.2) is 9.18 Å². The largest absolute Gasteiger partial charge is 0.444 e. The number of nitrogens with zero attached hydrogens (tertiary/aromatic N) is 1. The van der Waals surface area contributed by atoms with Gasteiger partial charge in [-0.15, -0.1) is 11.3 Å². The molecule has 2 aromatic rings. The molecule has 1 fully saturated rings. The number of carbonyl (C=O) groups is 1. The van der Waals surface area contributed by atoms with Crippen molar-refractivity contribution >= 4 is 27.5 Å². The molecule has 1 aliphatic rings. The van der Waals surface area contributed by atoms with Gasteiger partial charge in [-0.3, -0.25) is 0 Å². The van der Waals surface area contributed by atoms with Crippen molar-refractivity contribution in [2.75, 3.05) is 13.1 Å². The third kappa shape index (κ3) is 4.94. The standard InChI is InChI=1S/C18H22FNO2S.C2H6/c1-18(2,3)22-17(21)20-8-6-12(7-9-20)15-11-23-16-10-13(19)4-5-14(15)16;1-2/h4-5,10-12H,6-9H2,1-3H3;1-2H3. The lowest BCUT2D eigenvalue weighted by molar-refractivity contribution is 0.0205. The zero-order valence-corrected chi connectivity index (χ0v) is 16.6. The van der Waals surface area contributed by atoms with Crippen LogP contribution in [0.2, 0.25) is 0 Å². The highest BCUT2D eigenvalue weighted by Crippen LogP contribution is 2.37. The van der Waals surface area contributed by atoms with Crippen molar-refractivity contribution in [2.45, 2.75) is 59.0 Å². The second-order valence-electron chi connectivity index (χ2n) is 7.07. The van der Waals surface area contributed by atoms with Crippen LogP contribution >= 0.6 is 11.3 Å². The number of thiophene rings is 1. The van der Waals surface area contributed by atoms with Crippen LogP contribution in [-0.4, -0.2) is 29.7 Å². The molecule has 0 saturated carbocycles. The van der Waals surface area contributed by atoms with E-state index in [-0.39, 0.29) is 11.9 Å².